The fraction of sp³-hybridized carbons (Fsp3) is 0.500. The van der Waals surface area contributed by atoms with E-state index in [0.717, 1.165) is 37.1 Å². The Kier molecular flexibility index (Phi) is 4.67. The lowest BCUT2D eigenvalue weighted by Gasteiger charge is -2.35. The van der Waals surface area contributed by atoms with E-state index in [1.807, 2.05) is 63.4 Å². The molecule has 2 aliphatic heterocycles. The molecule has 6 rings (SSSR count). The second-order valence-electron chi connectivity index (χ2n) is 11.1. The predicted octanol–water partition coefficient (Wildman–Crippen LogP) is 3.15. The summed E-state index contributed by atoms with van der Waals surface area (Å²) in [4.78, 5) is 18.8. The van der Waals surface area contributed by atoms with E-state index in [1.165, 1.54) is 5.56 Å². The van der Waals surface area contributed by atoms with Crippen LogP contribution in [0, 0.1) is 0 Å². The van der Waals surface area contributed by atoms with Gasteiger partial charge in [-0.15, -0.1) is 0 Å². The summed E-state index contributed by atoms with van der Waals surface area (Å²) >= 11 is 0. The fourth-order valence-corrected chi connectivity index (χ4v) is 5.11. The molecule has 1 N–H and O–H groups in total. The Morgan fingerprint density at radius 2 is 1.79 bits per heavy atom. The molecule has 1 unspecified atom stereocenters. The lowest BCUT2D eigenvalue weighted by Crippen LogP contribution is -2.51. The Morgan fingerprint density at radius 3 is 2.50 bits per heavy atom. The molecule has 1 saturated carbocycles. The van der Waals surface area contributed by atoms with Crippen LogP contribution in [0.2, 0.25) is 0 Å². The Labute approximate surface area is 200 Å². The lowest BCUT2D eigenvalue weighted by atomic mass is 9.79. The van der Waals surface area contributed by atoms with Gasteiger partial charge in [-0.25, -0.2) is 9.50 Å². The van der Waals surface area contributed by atoms with Crippen LogP contribution in [0.3, 0.4) is 0 Å². The number of fused-ring (bicyclic) bond motifs is 2. The number of nitrogens with one attached hydrogen (secondary N) is 1. The van der Waals surface area contributed by atoms with Gasteiger partial charge in [0.05, 0.1) is 16.8 Å². The molecule has 176 valence electrons. The van der Waals surface area contributed by atoms with Crippen LogP contribution in [-0.4, -0.2) is 45.2 Å². The number of Topliss-reactive ketones (excluding diaryl/α,β-unsaturated/α-hetero) is 1. The highest BCUT2D eigenvalue weighted by atomic mass is 16.7. The highest BCUT2D eigenvalue weighted by Gasteiger charge is 2.53. The number of carbonyl (C=O) groups excluding carboxylic acids is 1. The maximum atomic E-state index is 14.0. The highest BCUT2D eigenvalue weighted by molar-refractivity contribution is 6.61. The van der Waals surface area contributed by atoms with Crippen molar-refractivity contribution in [1.29, 1.82) is 0 Å². The minimum absolute atomic E-state index is 0.0116. The number of hydrogen-bond acceptors (Lipinski definition) is 6. The van der Waals surface area contributed by atoms with Gasteiger partial charge in [-0.3, -0.25) is 4.79 Å². The van der Waals surface area contributed by atoms with E-state index in [0.29, 0.717) is 22.9 Å². The predicted molar refractivity (Wildman–Crippen MR) is 131 cm³/mol. The van der Waals surface area contributed by atoms with Crippen molar-refractivity contribution in [2.45, 2.75) is 76.5 Å². The average molecular weight is 458 g/mol. The summed E-state index contributed by atoms with van der Waals surface area (Å²) in [5.74, 6) is 0.380. The van der Waals surface area contributed by atoms with Gasteiger partial charge in [-0.1, -0.05) is 24.3 Å². The first kappa shape index (κ1) is 22.0. The zero-order valence-corrected chi connectivity index (χ0v) is 20.5. The summed E-state index contributed by atoms with van der Waals surface area (Å²) in [6.45, 7) is 10.9. The first-order chi connectivity index (χ1) is 16.1. The van der Waals surface area contributed by atoms with E-state index in [-0.39, 0.29) is 5.78 Å². The largest absolute Gasteiger partial charge is 0.516 e. The number of hydrogen-bond donors (Lipinski definition) is 1. The Bertz CT molecular complexity index is 1300. The molecule has 7 nitrogen and oxygen atoms in total. The third-order valence-corrected chi connectivity index (χ3v) is 8.08. The number of benzene rings is 1. The van der Waals surface area contributed by atoms with Gasteiger partial charge in [0.2, 0.25) is 5.78 Å². The Balaban J connectivity index is 1.42. The zero-order chi connectivity index (χ0) is 23.9. The summed E-state index contributed by atoms with van der Waals surface area (Å²) in [5.41, 5.74) is 3.39. The molecule has 2 fully saturated rings. The van der Waals surface area contributed by atoms with E-state index < -0.39 is 23.9 Å². The number of carbonyl (C=O) groups is 1. The molecular formula is C26H31BN4O3. The number of aromatic nitrogens is 3. The fourth-order valence-electron chi connectivity index (χ4n) is 5.11. The molecule has 3 aromatic rings. The Hall–Kier alpha value is -2.55. The summed E-state index contributed by atoms with van der Waals surface area (Å²) in [6, 6.07) is 12.0. The minimum atomic E-state index is -0.810. The zero-order valence-electron chi connectivity index (χ0n) is 20.5. The van der Waals surface area contributed by atoms with Gasteiger partial charge >= 0.3 is 7.12 Å². The van der Waals surface area contributed by atoms with E-state index >= 15 is 0 Å². The maximum absolute atomic E-state index is 14.0. The average Bonchev–Trinajstić information content (AvgIpc) is 3.50. The second-order valence-corrected chi connectivity index (χ2v) is 11.1. The van der Waals surface area contributed by atoms with Crippen molar-refractivity contribution in [2.75, 3.05) is 6.54 Å². The molecule has 0 bridgehead atoms. The van der Waals surface area contributed by atoms with Gasteiger partial charge in [0, 0.05) is 24.2 Å². The van der Waals surface area contributed by atoms with Crippen LogP contribution in [-0.2, 0) is 21.3 Å². The van der Waals surface area contributed by atoms with Crippen molar-refractivity contribution in [3.63, 3.8) is 0 Å². The van der Waals surface area contributed by atoms with Crippen molar-refractivity contribution in [3.8, 4) is 0 Å². The van der Waals surface area contributed by atoms with Crippen molar-refractivity contribution < 1.29 is 14.1 Å². The van der Waals surface area contributed by atoms with Gasteiger partial charge in [-0.05, 0) is 71.1 Å². The van der Waals surface area contributed by atoms with Gasteiger partial charge in [0.15, 0.2) is 5.65 Å². The van der Waals surface area contributed by atoms with Gasteiger partial charge in [-0.2, -0.15) is 5.10 Å². The van der Waals surface area contributed by atoms with Crippen molar-refractivity contribution in [1.82, 2.24) is 19.9 Å². The standard InChI is InChI=1S/C26H31BN4O3/c1-24(2)25(3,4)34-27(33-24)21-15-22-29-19(14-20(17-10-11-17)31(22)30-21)23(32)26(5)18-9-7-6-8-16(18)12-13-28-26/h6-9,14-15,17,28H,10-13H2,1-5H3. The van der Waals surface area contributed by atoms with Gasteiger partial charge < -0.3 is 14.6 Å². The maximum Gasteiger partial charge on any atom is 0.516 e. The second kappa shape index (κ2) is 7.23. The summed E-state index contributed by atoms with van der Waals surface area (Å²) < 4.78 is 14.3. The van der Waals surface area contributed by atoms with Gasteiger partial charge in [0.1, 0.15) is 11.2 Å². The first-order valence-electron chi connectivity index (χ1n) is 12.2. The van der Waals surface area contributed by atoms with E-state index in [1.54, 1.807) is 0 Å². The summed E-state index contributed by atoms with van der Waals surface area (Å²) in [5, 5.41) is 8.31. The SMILES string of the molecule is CC1(C(=O)c2cc(C3CC3)n3nc(B4OC(C)(C)C(C)(C)O4)cc3n2)NCCc2ccccc21. The smallest absolute Gasteiger partial charge is 0.398 e. The van der Waals surface area contributed by atoms with E-state index in [2.05, 4.69) is 17.4 Å². The van der Waals surface area contributed by atoms with Crippen LogP contribution in [0.25, 0.3) is 5.65 Å². The third-order valence-electron chi connectivity index (χ3n) is 8.08. The van der Waals surface area contributed by atoms with Crippen LogP contribution in [0.15, 0.2) is 36.4 Å². The molecule has 2 aromatic heterocycles. The molecule has 4 heterocycles. The number of rotatable bonds is 4. The van der Waals surface area contributed by atoms with Crippen molar-refractivity contribution >= 4 is 24.1 Å². The molecule has 1 aromatic carbocycles. The quantitative estimate of drug-likeness (QED) is 0.478. The third kappa shape index (κ3) is 3.27. The van der Waals surface area contributed by atoms with Crippen molar-refractivity contribution in [3.05, 3.63) is 58.9 Å². The molecule has 8 heteroatoms. The van der Waals surface area contributed by atoms with Crippen LogP contribution < -0.4 is 10.9 Å². The van der Waals surface area contributed by atoms with Crippen LogP contribution >= 0.6 is 0 Å². The molecule has 1 aliphatic carbocycles. The molecule has 1 atom stereocenters. The van der Waals surface area contributed by atoms with Crippen molar-refractivity contribution in [2.24, 2.45) is 0 Å². The topological polar surface area (TPSA) is 77.8 Å². The number of nitrogens with zero attached hydrogens (tertiary/aromatic N) is 3. The van der Waals surface area contributed by atoms with Gasteiger partial charge in [0.25, 0.3) is 0 Å². The number of ketones is 1. The normalized spacial score (nSPS) is 25.5. The molecule has 3 aliphatic rings. The molecule has 0 spiro atoms. The Morgan fingerprint density at radius 1 is 1.09 bits per heavy atom. The van der Waals surface area contributed by atoms with E-state index in [4.69, 9.17) is 19.4 Å². The molecule has 1 saturated heterocycles. The molecule has 34 heavy (non-hydrogen) atoms. The molecule has 0 amide bonds. The summed E-state index contributed by atoms with van der Waals surface area (Å²) in [6.07, 6.45) is 3.10. The van der Waals surface area contributed by atoms with E-state index in [9.17, 15) is 4.79 Å². The van der Waals surface area contributed by atoms with Crippen LogP contribution in [0.1, 0.15) is 80.7 Å². The molecule has 0 radical (unpaired) electrons. The molecular weight excluding hydrogens is 427 g/mol. The highest BCUT2D eigenvalue weighted by Crippen LogP contribution is 2.41. The monoisotopic (exact) mass is 458 g/mol. The lowest BCUT2D eigenvalue weighted by molar-refractivity contribution is 0.00578. The first-order valence-corrected chi connectivity index (χ1v) is 12.2. The minimum Gasteiger partial charge on any atom is -0.398 e. The van der Waals surface area contributed by atoms with Crippen LogP contribution in [0.5, 0.6) is 0 Å². The van der Waals surface area contributed by atoms with Crippen LogP contribution in [0.4, 0.5) is 0 Å². The summed E-state index contributed by atoms with van der Waals surface area (Å²) in [7, 11) is -0.567.